The predicted octanol–water partition coefficient (Wildman–Crippen LogP) is 2.02. The normalized spacial score (nSPS) is 10.2. The van der Waals surface area contributed by atoms with Gasteiger partial charge < -0.3 is 10.1 Å². The number of nitrogens with one attached hydrogen (secondary N) is 1. The van der Waals surface area contributed by atoms with Gasteiger partial charge in [-0.3, -0.25) is 4.79 Å². The van der Waals surface area contributed by atoms with Gasteiger partial charge in [-0.25, -0.2) is 0 Å². The molecule has 1 aromatic rings. The molecule has 0 heterocycles. The van der Waals surface area contributed by atoms with Crippen molar-refractivity contribution in [1.29, 1.82) is 0 Å². The van der Waals surface area contributed by atoms with E-state index in [4.69, 9.17) is 4.74 Å². The Bertz CT molecular complexity index is 335. The zero-order chi connectivity index (χ0) is 12.0. The maximum Gasteiger partial charge on any atom is 0.229 e. The number of hydrogen-bond donors (Lipinski definition) is 2. The number of carbonyl (C=O) groups is 1. The summed E-state index contributed by atoms with van der Waals surface area (Å²) < 4.78 is 5.52. The SMILES string of the molecule is CC(C)Oc1ccc(CNC(=O)CS)cc1. The molecule has 0 spiro atoms. The van der Waals surface area contributed by atoms with E-state index in [1.807, 2.05) is 38.1 Å². The van der Waals surface area contributed by atoms with E-state index in [-0.39, 0.29) is 17.8 Å². The minimum absolute atomic E-state index is 0.0640. The molecule has 0 bridgehead atoms. The molecule has 0 aliphatic heterocycles. The fraction of sp³-hybridized carbons (Fsp3) is 0.417. The highest BCUT2D eigenvalue weighted by Gasteiger charge is 2.00. The monoisotopic (exact) mass is 239 g/mol. The van der Waals surface area contributed by atoms with Crippen LogP contribution < -0.4 is 10.1 Å². The lowest BCUT2D eigenvalue weighted by atomic mass is 10.2. The van der Waals surface area contributed by atoms with E-state index in [2.05, 4.69) is 17.9 Å². The van der Waals surface area contributed by atoms with Crippen molar-refractivity contribution in [3.63, 3.8) is 0 Å². The molecule has 0 unspecified atom stereocenters. The number of ether oxygens (including phenoxy) is 1. The Morgan fingerprint density at radius 2 is 2.00 bits per heavy atom. The smallest absolute Gasteiger partial charge is 0.229 e. The van der Waals surface area contributed by atoms with Crippen molar-refractivity contribution in [3.8, 4) is 5.75 Å². The fourth-order valence-electron chi connectivity index (χ4n) is 1.21. The largest absolute Gasteiger partial charge is 0.491 e. The predicted molar refractivity (Wildman–Crippen MR) is 67.9 cm³/mol. The lowest BCUT2D eigenvalue weighted by molar-refractivity contribution is -0.118. The van der Waals surface area contributed by atoms with Gasteiger partial charge in [-0.1, -0.05) is 12.1 Å². The zero-order valence-corrected chi connectivity index (χ0v) is 10.5. The van der Waals surface area contributed by atoms with Gasteiger partial charge >= 0.3 is 0 Å². The Labute approximate surface area is 102 Å². The third kappa shape index (κ3) is 4.57. The first-order valence-electron chi connectivity index (χ1n) is 5.25. The Balaban J connectivity index is 2.48. The average Bonchev–Trinajstić information content (AvgIpc) is 2.27. The third-order valence-electron chi connectivity index (χ3n) is 1.93. The Morgan fingerprint density at radius 3 is 2.50 bits per heavy atom. The van der Waals surface area contributed by atoms with Gasteiger partial charge in [0, 0.05) is 6.54 Å². The van der Waals surface area contributed by atoms with E-state index in [9.17, 15) is 4.79 Å². The summed E-state index contributed by atoms with van der Waals surface area (Å²) in [5, 5.41) is 2.75. The van der Waals surface area contributed by atoms with Crippen molar-refractivity contribution >= 4 is 18.5 Å². The van der Waals surface area contributed by atoms with E-state index in [0.29, 0.717) is 6.54 Å². The lowest BCUT2D eigenvalue weighted by Crippen LogP contribution is -2.23. The molecule has 0 saturated heterocycles. The van der Waals surface area contributed by atoms with Crippen LogP contribution in [0.4, 0.5) is 0 Å². The van der Waals surface area contributed by atoms with Crippen LogP contribution in [0.2, 0.25) is 0 Å². The molecule has 0 atom stereocenters. The molecule has 1 amide bonds. The van der Waals surface area contributed by atoms with Gasteiger partial charge in [0.15, 0.2) is 0 Å². The van der Waals surface area contributed by atoms with Crippen LogP contribution >= 0.6 is 12.6 Å². The molecule has 1 N–H and O–H groups in total. The number of thiol groups is 1. The van der Waals surface area contributed by atoms with Gasteiger partial charge in [0.05, 0.1) is 11.9 Å². The average molecular weight is 239 g/mol. The van der Waals surface area contributed by atoms with E-state index >= 15 is 0 Å². The van der Waals surface area contributed by atoms with Crippen LogP contribution in [0.25, 0.3) is 0 Å². The van der Waals surface area contributed by atoms with Gasteiger partial charge in [0.1, 0.15) is 5.75 Å². The minimum Gasteiger partial charge on any atom is -0.491 e. The van der Waals surface area contributed by atoms with Crippen molar-refractivity contribution in [2.45, 2.75) is 26.5 Å². The highest BCUT2D eigenvalue weighted by Crippen LogP contribution is 2.13. The van der Waals surface area contributed by atoms with E-state index in [0.717, 1.165) is 11.3 Å². The maximum absolute atomic E-state index is 11.0. The Hall–Kier alpha value is -1.16. The summed E-state index contributed by atoms with van der Waals surface area (Å²) in [6, 6.07) is 7.69. The molecular weight excluding hydrogens is 222 g/mol. The molecule has 4 heteroatoms. The number of carbonyl (C=O) groups excluding carboxylic acids is 1. The summed E-state index contributed by atoms with van der Waals surface area (Å²) in [5.41, 5.74) is 1.05. The second-order valence-electron chi connectivity index (χ2n) is 3.75. The summed E-state index contributed by atoms with van der Waals surface area (Å²) in [6.45, 7) is 4.50. The van der Waals surface area contributed by atoms with Crippen LogP contribution in [-0.2, 0) is 11.3 Å². The number of amides is 1. The Kier molecular flexibility index (Phi) is 5.19. The van der Waals surface area contributed by atoms with E-state index in [1.165, 1.54) is 0 Å². The summed E-state index contributed by atoms with van der Waals surface area (Å²) in [6.07, 6.45) is 0.176. The second kappa shape index (κ2) is 6.43. The van der Waals surface area contributed by atoms with Gasteiger partial charge in [0.2, 0.25) is 5.91 Å². The van der Waals surface area contributed by atoms with E-state index < -0.39 is 0 Å². The van der Waals surface area contributed by atoms with Crippen molar-refractivity contribution in [2.24, 2.45) is 0 Å². The first-order valence-corrected chi connectivity index (χ1v) is 5.88. The van der Waals surface area contributed by atoms with Gasteiger partial charge in [-0.15, -0.1) is 0 Å². The van der Waals surface area contributed by atoms with Crippen molar-refractivity contribution in [1.82, 2.24) is 5.32 Å². The topological polar surface area (TPSA) is 38.3 Å². The summed E-state index contributed by atoms with van der Waals surface area (Å²) in [7, 11) is 0. The molecule has 0 aliphatic carbocycles. The van der Waals surface area contributed by atoms with Crippen LogP contribution in [0.3, 0.4) is 0 Å². The maximum atomic E-state index is 11.0. The van der Waals surface area contributed by atoms with Crippen LogP contribution in [0.5, 0.6) is 5.75 Å². The number of benzene rings is 1. The number of hydrogen-bond acceptors (Lipinski definition) is 3. The molecule has 88 valence electrons. The summed E-state index contributed by atoms with van der Waals surface area (Å²) in [5.74, 6) is 0.999. The fourth-order valence-corrected chi connectivity index (χ4v) is 1.33. The van der Waals surface area contributed by atoms with Crippen LogP contribution in [0.15, 0.2) is 24.3 Å². The molecule has 0 radical (unpaired) electrons. The summed E-state index contributed by atoms with van der Waals surface area (Å²) in [4.78, 5) is 11.0. The Morgan fingerprint density at radius 1 is 1.38 bits per heavy atom. The zero-order valence-electron chi connectivity index (χ0n) is 9.56. The van der Waals surface area contributed by atoms with Crippen molar-refractivity contribution < 1.29 is 9.53 Å². The molecule has 0 aliphatic rings. The lowest BCUT2D eigenvalue weighted by Gasteiger charge is -2.10. The number of rotatable bonds is 5. The molecule has 0 saturated carbocycles. The van der Waals surface area contributed by atoms with Crippen molar-refractivity contribution in [3.05, 3.63) is 29.8 Å². The van der Waals surface area contributed by atoms with Crippen LogP contribution in [0.1, 0.15) is 19.4 Å². The standard InChI is InChI=1S/C12H17NO2S/c1-9(2)15-11-5-3-10(4-6-11)7-13-12(14)8-16/h3-6,9,16H,7-8H2,1-2H3,(H,13,14). The molecule has 1 aromatic carbocycles. The highest BCUT2D eigenvalue weighted by molar-refractivity contribution is 7.81. The van der Waals surface area contributed by atoms with Crippen LogP contribution in [-0.4, -0.2) is 17.8 Å². The van der Waals surface area contributed by atoms with Gasteiger partial charge in [-0.2, -0.15) is 12.6 Å². The van der Waals surface area contributed by atoms with Crippen LogP contribution in [0, 0.1) is 0 Å². The molecule has 3 nitrogen and oxygen atoms in total. The van der Waals surface area contributed by atoms with Gasteiger partial charge in [-0.05, 0) is 31.5 Å². The van der Waals surface area contributed by atoms with Crippen molar-refractivity contribution in [2.75, 3.05) is 5.75 Å². The third-order valence-corrected chi connectivity index (χ3v) is 2.22. The minimum atomic E-state index is -0.0640. The quantitative estimate of drug-likeness (QED) is 0.772. The first-order chi connectivity index (χ1) is 7.61. The molecule has 1 rings (SSSR count). The molecular formula is C12H17NO2S. The molecule has 0 fully saturated rings. The van der Waals surface area contributed by atoms with Gasteiger partial charge in [0.25, 0.3) is 0 Å². The highest BCUT2D eigenvalue weighted by atomic mass is 32.1. The van der Waals surface area contributed by atoms with E-state index in [1.54, 1.807) is 0 Å². The molecule has 16 heavy (non-hydrogen) atoms. The first kappa shape index (κ1) is 12.9. The summed E-state index contributed by atoms with van der Waals surface area (Å²) >= 11 is 3.88. The molecule has 0 aromatic heterocycles. The second-order valence-corrected chi connectivity index (χ2v) is 4.06.